The van der Waals surface area contributed by atoms with Gasteiger partial charge in [-0.15, -0.1) is 0 Å². The van der Waals surface area contributed by atoms with E-state index in [2.05, 4.69) is 5.32 Å². The van der Waals surface area contributed by atoms with Crippen molar-refractivity contribution in [2.45, 2.75) is 13.5 Å². The van der Waals surface area contributed by atoms with Crippen molar-refractivity contribution in [1.82, 2.24) is 0 Å². The Labute approximate surface area is 121 Å². The zero-order valence-corrected chi connectivity index (χ0v) is 11.7. The first kappa shape index (κ1) is 14.8. The molecule has 0 fully saturated rings. The maximum atomic E-state index is 13.4. The van der Waals surface area contributed by atoms with Crippen molar-refractivity contribution in [3.8, 4) is 5.75 Å². The minimum absolute atomic E-state index is 0.0114. The number of nitrogens with zero attached hydrogens (tertiary/aromatic N) is 1. The largest absolute Gasteiger partial charge is 0.489 e. The van der Waals surface area contributed by atoms with E-state index in [1.807, 2.05) is 0 Å². The fourth-order valence-corrected chi connectivity index (χ4v) is 1.88. The summed E-state index contributed by atoms with van der Waals surface area (Å²) in [6, 6.07) is 9.06. The van der Waals surface area contributed by atoms with Gasteiger partial charge in [0.1, 0.15) is 18.2 Å². The Balaban J connectivity index is 2.19. The van der Waals surface area contributed by atoms with Gasteiger partial charge in [0, 0.05) is 36.5 Å². The van der Waals surface area contributed by atoms with Crippen LogP contribution >= 0.6 is 0 Å². The van der Waals surface area contributed by atoms with Gasteiger partial charge in [-0.1, -0.05) is 6.07 Å². The van der Waals surface area contributed by atoms with Crippen molar-refractivity contribution in [3.05, 3.63) is 63.5 Å². The standard InChI is InChI=1S/C15H15FN2O3/c1-10-3-5-13(8-14(10)16)21-9-11-7-12(18(19)20)4-6-15(11)17-2/h3-8,17H,9H2,1-2H3. The number of nitro groups is 1. The predicted molar refractivity (Wildman–Crippen MR) is 78.1 cm³/mol. The Bertz CT molecular complexity index is 674. The van der Waals surface area contributed by atoms with Crippen LogP contribution in [-0.4, -0.2) is 12.0 Å². The van der Waals surface area contributed by atoms with Crippen LogP contribution in [0.15, 0.2) is 36.4 Å². The molecule has 0 atom stereocenters. The van der Waals surface area contributed by atoms with E-state index >= 15 is 0 Å². The number of benzene rings is 2. The molecule has 0 heterocycles. The topological polar surface area (TPSA) is 64.4 Å². The van der Waals surface area contributed by atoms with E-state index in [-0.39, 0.29) is 18.1 Å². The molecule has 0 amide bonds. The molecule has 1 N–H and O–H groups in total. The number of anilines is 1. The highest BCUT2D eigenvalue weighted by Crippen LogP contribution is 2.24. The number of aryl methyl sites for hydroxylation is 1. The summed E-state index contributed by atoms with van der Waals surface area (Å²) in [6.45, 7) is 1.78. The number of rotatable bonds is 5. The van der Waals surface area contributed by atoms with E-state index in [1.165, 1.54) is 18.2 Å². The first-order chi connectivity index (χ1) is 10.0. The highest BCUT2D eigenvalue weighted by atomic mass is 19.1. The molecule has 2 rings (SSSR count). The third-order valence-corrected chi connectivity index (χ3v) is 3.11. The Morgan fingerprint density at radius 3 is 2.67 bits per heavy atom. The summed E-state index contributed by atoms with van der Waals surface area (Å²) in [4.78, 5) is 10.3. The molecule has 0 unspecified atom stereocenters. The summed E-state index contributed by atoms with van der Waals surface area (Å²) in [5.74, 6) is 0.0343. The van der Waals surface area contributed by atoms with E-state index in [0.717, 1.165) is 5.69 Å². The molecule has 0 spiro atoms. The number of nitro benzene ring substituents is 1. The lowest BCUT2D eigenvalue weighted by Crippen LogP contribution is -2.02. The maximum Gasteiger partial charge on any atom is 0.269 e. The van der Waals surface area contributed by atoms with Gasteiger partial charge in [0.2, 0.25) is 0 Å². The number of ether oxygens (including phenoxy) is 1. The van der Waals surface area contributed by atoms with Crippen LogP contribution in [0.5, 0.6) is 5.75 Å². The molecule has 5 nitrogen and oxygen atoms in total. The second-order valence-corrected chi connectivity index (χ2v) is 4.55. The number of non-ortho nitro benzene ring substituents is 1. The van der Waals surface area contributed by atoms with E-state index in [0.29, 0.717) is 16.9 Å². The zero-order valence-electron chi connectivity index (χ0n) is 11.7. The van der Waals surface area contributed by atoms with Gasteiger partial charge in [0.15, 0.2) is 0 Å². The molecule has 0 radical (unpaired) electrons. The third-order valence-electron chi connectivity index (χ3n) is 3.11. The average Bonchev–Trinajstić information content (AvgIpc) is 2.48. The van der Waals surface area contributed by atoms with Gasteiger partial charge in [-0.2, -0.15) is 0 Å². The van der Waals surface area contributed by atoms with Crippen LogP contribution in [0.1, 0.15) is 11.1 Å². The quantitative estimate of drug-likeness (QED) is 0.674. The maximum absolute atomic E-state index is 13.4. The minimum atomic E-state index is -0.464. The lowest BCUT2D eigenvalue weighted by Gasteiger charge is -2.11. The van der Waals surface area contributed by atoms with Crippen LogP contribution in [-0.2, 0) is 6.61 Å². The molecule has 0 saturated carbocycles. The van der Waals surface area contributed by atoms with Crippen molar-refractivity contribution in [2.24, 2.45) is 0 Å². The minimum Gasteiger partial charge on any atom is -0.489 e. The van der Waals surface area contributed by atoms with Crippen molar-refractivity contribution in [3.63, 3.8) is 0 Å². The molecule has 0 aliphatic rings. The Kier molecular flexibility index (Phi) is 4.37. The monoisotopic (exact) mass is 290 g/mol. The third kappa shape index (κ3) is 3.47. The van der Waals surface area contributed by atoms with Gasteiger partial charge in [-0.05, 0) is 24.6 Å². The lowest BCUT2D eigenvalue weighted by molar-refractivity contribution is -0.384. The van der Waals surface area contributed by atoms with E-state index in [1.54, 1.807) is 32.2 Å². The van der Waals surface area contributed by atoms with Crippen LogP contribution in [0.2, 0.25) is 0 Å². The van der Waals surface area contributed by atoms with E-state index in [4.69, 9.17) is 4.74 Å². The summed E-state index contributed by atoms with van der Waals surface area (Å²) < 4.78 is 18.9. The van der Waals surface area contributed by atoms with Crippen molar-refractivity contribution < 1.29 is 14.1 Å². The van der Waals surface area contributed by atoms with Crippen LogP contribution in [0.3, 0.4) is 0 Å². The van der Waals surface area contributed by atoms with Crippen LogP contribution in [0.4, 0.5) is 15.8 Å². The van der Waals surface area contributed by atoms with Gasteiger partial charge in [0.05, 0.1) is 4.92 Å². The Hall–Kier alpha value is -2.63. The van der Waals surface area contributed by atoms with Gasteiger partial charge in [-0.3, -0.25) is 10.1 Å². The van der Waals surface area contributed by atoms with Crippen LogP contribution in [0.25, 0.3) is 0 Å². The second kappa shape index (κ2) is 6.21. The van der Waals surface area contributed by atoms with Crippen LogP contribution < -0.4 is 10.1 Å². The number of halogens is 1. The summed E-state index contributed by atoms with van der Waals surface area (Å²) in [5, 5.41) is 13.7. The van der Waals surface area contributed by atoms with E-state index in [9.17, 15) is 14.5 Å². The number of hydrogen-bond donors (Lipinski definition) is 1. The molecule has 21 heavy (non-hydrogen) atoms. The molecule has 2 aromatic rings. The predicted octanol–water partition coefficient (Wildman–Crippen LogP) is 3.66. The van der Waals surface area contributed by atoms with Crippen molar-refractivity contribution in [2.75, 3.05) is 12.4 Å². The first-order valence-electron chi connectivity index (χ1n) is 6.35. The fourth-order valence-electron chi connectivity index (χ4n) is 1.88. The highest BCUT2D eigenvalue weighted by Gasteiger charge is 2.11. The molecule has 0 bridgehead atoms. The second-order valence-electron chi connectivity index (χ2n) is 4.55. The molecular formula is C15H15FN2O3. The molecule has 0 saturated heterocycles. The van der Waals surface area contributed by atoms with Crippen molar-refractivity contribution in [1.29, 1.82) is 0 Å². The zero-order chi connectivity index (χ0) is 15.4. The molecule has 110 valence electrons. The number of hydrogen-bond acceptors (Lipinski definition) is 4. The van der Waals surface area contributed by atoms with E-state index < -0.39 is 4.92 Å². The van der Waals surface area contributed by atoms with Gasteiger partial charge in [-0.25, -0.2) is 4.39 Å². The lowest BCUT2D eigenvalue weighted by atomic mass is 10.1. The molecular weight excluding hydrogens is 275 g/mol. The Morgan fingerprint density at radius 2 is 2.05 bits per heavy atom. The summed E-state index contributed by atoms with van der Waals surface area (Å²) in [5.41, 5.74) is 1.89. The van der Waals surface area contributed by atoms with Gasteiger partial charge >= 0.3 is 0 Å². The SMILES string of the molecule is CNc1ccc([N+](=O)[O-])cc1COc1ccc(C)c(F)c1. The molecule has 2 aromatic carbocycles. The van der Waals surface area contributed by atoms with Gasteiger partial charge < -0.3 is 10.1 Å². The summed E-state index contributed by atoms with van der Waals surface area (Å²) >= 11 is 0. The molecule has 6 heteroatoms. The summed E-state index contributed by atoms with van der Waals surface area (Å²) in [6.07, 6.45) is 0. The highest BCUT2D eigenvalue weighted by molar-refractivity contribution is 5.55. The summed E-state index contributed by atoms with van der Waals surface area (Å²) in [7, 11) is 1.72. The fraction of sp³-hybridized carbons (Fsp3) is 0.200. The normalized spacial score (nSPS) is 10.2. The van der Waals surface area contributed by atoms with Crippen LogP contribution in [0, 0.1) is 22.9 Å². The average molecular weight is 290 g/mol. The molecule has 0 aliphatic carbocycles. The number of nitrogens with one attached hydrogen (secondary N) is 1. The first-order valence-corrected chi connectivity index (χ1v) is 6.35. The van der Waals surface area contributed by atoms with Gasteiger partial charge in [0.25, 0.3) is 5.69 Å². The Morgan fingerprint density at radius 1 is 1.29 bits per heavy atom. The molecule has 0 aliphatic heterocycles. The van der Waals surface area contributed by atoms with Crippen molar-refractivity contribution >= 4 is 11.4 Å². The smallest absolute Gasteiger partial charge is 0.269 e. The molecule has 0 aromatic heterocycles.